The van der Waals surface area contributed by atoms with Crippen LogP contribution in [0.25, 0.3) is 0 Å². The molecule has 2 aliphatic rings. The number of nitrogens with zero attached hydrogens (tertiary/aromatic N) is 1. The fourth-order valence-corrected chi connectivity index (χ4v) is 2.46. The minimum Gasteiger partial charge on any atom is -0.390 e. The quantitative estimate of drug-likeness (QED) is 0.703. The second-order valence-corrected chi connectivity index (χ2v) is 5.01. The van der Waals surface area contributed by atoms with Crippen molar-refractivity contribution in [2.45, 2.75) is 51.2 Å². The van der Waals surface area contributed by atoms with Gasteiger partial charge in [-0.25, -0.2) is 0 Å². The lowest BCUT2D eigenvalue weighted by atomic mass is 9.86. The van der Waals surface area contributed by atoms with Crippen LogP contribution in [0.4, 0.5) is 0 Å². The van der Waals surface area contributed by atoms with Crippen LogP contribution in [0.5, 0.6) is 0 Å². The summed E-state index contributed by atoms with van der Waals surface area (Å²) in [5.74, 6) is 0.641. The van der Waals surface area contributed by atoms with E-state index < -0.39 is 0 Å². The van der Waals surface area contributed by atoms with Gasteiger partial charge in [0.2, 0.25) is 0 Å². The van der Waals surface area contributed by atoms with E-state index in [0.29, 0.717) is 12.0 Å². The summed E-state index contributed by atoms with van der Waals surface area (Å²) in [4.78, 5) is 2.47. The van der Waals surface area contributed by atoms with E-state index in [1.165, 1.54) is 12.8 Å². The second-order valence-electron chi connectivity index (χ2n) is 5.01. The zero-order valence-corrected chi connectivity index (χ0v) is 8.79. The molecule has 0 radical (unpaired) electrons. The van der Waals surface area contributed by atoms with Crippen molar-refractivity contribution < 1.29 is 5.11 Å². The summed E-state index contributed by atoms with van der Waals surface area (Å²) in [5, 5.41) is 10.3. The molecule has 1 aliphatic heterocycles. The highest BCUT2D eigenvalue weighted by atomic mass is 16.3. The van der Waals surface area contributed by atoms with E-state index >= 15 is 0 Å². The molecular formula is C11H21NO. The fraction of sp³-hybridized carbons (Fsp3) is 1.00. The van der Waals surface area contributed by atoms with E-state index in [1.807, 2.05) is 0 Å². The summed E-state index contributed by atoms with van der Waals surface area (Å²) < 4.78 is 0. The maximum absolute atomic E-state index is 10.3. The Hall–Kier alpha value is -0.0800. The van der Waals surface area contributed by atoms with Crippen LogP contribution < -0.4 is 0 Å². The van der Waals surface area contributed by atoms with E-state index in [1.54, 1.807) is 0 Å². The first-order valence-corrected chi connectivity index (χ1v) is 5.58. The number of likely N-dealkylation sites (tertiary alicyclic amines) is 1. The van der Waals surface area contributed by atoms with Gasteiger partial charge >= 0.3 is 0 Å². The average Bonchev–Trinajstić information content (AvgIpc) is 2.87. The van der Waals surface area contributed by atoms with Crippen molar-refractivity contribution in [1.29, 1.82) is 0 Å². The van der Waals surface area contributed by atoms with E-state index in [2.05, 4.69) is 18.7 Å². The van der Waals surface area contributed by atoms with Crippen LogP contribution in [0, 0.1) is 5.92 Å². The standard InChI is InChI=1S/C11H21NO/c1-9(2)12-7-5-11(13,6-8-12)10-3-4-10/h9-10,13H,3-8H2,1-2H3. The van der Waals surface area contributed by atoms with Crippen LogP contribution in [-0.2, 0) is 0 Å². The van der Waals surface area contributed by atoms with Crippen molar-refractivity contribution in [2.24, 2.45) is 5.92 Å². The monoisotopic (exact) mass is 183 g/mol. The highest BCUT2D eigenvalue weighted by Gasteiger charge is 2.45. The molecule has 1 heterocycles. The van der Waals surface area contributed by atoms with Crippen molar-refractivity contribution in [2.75, 3.05) is 13.1 Å². The fourth-order valence-electron chi connectivity index (χ4n) is 2.46. The number of rotatable bonds is 2. The lowest BCUT2D eigenvalue weighted by molar-refractivity contribution is -0.0446. The van der Waals surface area contributed by atoms with Crippen molar-refractivity contribution in [1.82, 2.24) is 4.90 Å². The third-order valence-electron chi connectivity index (χ3n) is 3.73. The number of aliphatic hydroxyl groups is 1. The summed E-state index contributed by atoms with van der Waals surface area (Å²) in [7, 11) is 0. The first-order valence-electron chi connectivity index (χ1n) is 5.58. The Morgan fingerprint density at radius 1 is 1.23 bits per heavy atom. The third kappa shape index (κ3) is 1.89. The van der Waals surface area contributed by atoms with E-state index in [4.69, 9.17) is 0 Å². The highest BCUT2D eigenvalue weighted by Crippen LogP contribution is 2.45. The topological polar surface area (TPSA) is 23.5 Å². The molecule has 0 aromatic heterocycles. The van der Waals surface area contributed by atoms with Crippen LogP contribution in [0.1, 0.15) is 39.5 Å². The molecule has 2 heteroatoms. The van der Waals surface area contributed by atoms with Gasteiger partial charge in [0.25, 0.3) is 0 Å². The molecule has 0 aromatic carbocycles. The molecule has 76 valence electrons. The first kappa shape index (κ1) is 9.47. The van der Waals surface area contributed by atoms with Gasteiger partial charge in [0, 0.05) is 19.1 Å². The van der Waals surface area contributed by atoms with Crippen LogP contribution in [0.2, 0.25) is 0 Å². The molecule has 0 spiro atoms. The van der Waals surface area contributed by atoms with Gasteiger partial charge in [0.15, 0.2) is 0 Å². The average molecular weight is 183 g/mol. The largest absolute Gasteiger partial charge is 0.390 e. The summed E-state index contributed by atoms with van der Waals surface area (Å²) >= 11 is 0. The number of hydrogen-bond acceptors (Lipinski definition) is 2. The molecule has 0 bridgehead atoms. The molecule has 0 aromatic rings. The Labute approximate surface area is 80.9 Å². The predicted octanol–water partition coefficient (Wildman–Crippen LogP) is 1.63. The maximum Gasteiger partial charge on any atom is 0.0700 e. The molecule has 1 saturated carbocycles. The molecule has 13 heavy (non-hydrogen) atoms. The van der Waals surface area contributed by atoms with Gasteiger partial charge in [-0.15, -0.1) is 0 Å². The Balaban J connectivity index is 1.87. The molecule has 0 unspecified atom stereocenters. The van der Waals surface area contributed by atoms with Gasteiger partial charge in [0.05, 0.1) is 5.60 Å². The summed E-state index contributed by atoms with van der Waals surface area (Å²) in [6.07, 6.45) is 4.52. The molecule has 0 atom stereocenters. The lowest BCUT2D eigenvalue weighted by Gasteiger charge is -2.40. The summed E-state index contributed by atoms with van der Waals surface area (Å²) in [6, 6.07) is 0.642. The van der Waals surface area contributed by atoms with Crippen LogP contribution in [0.3, 0.4) is 0 Å². The first-order chi connectivity index (χ1) is 6.12. The molecule has 1 saturated heterocycles. The summed E-state index contributed by atoms with van der Waals surface area (Å²) in [5.41, 5.74) is -0.286. The minimum absolute atomic E-state index is 0.286. The Kier molecular flexibility index (Phi) is 2.37. The Morgan fingerprint density at radius 2 is 1.77 bits per heavy atom. The zero-order chi connectivity index (χ0) is 9.47. The van der Waals surface area contributed by atoms with Crippen LogP contribution in [-0.4, -0.2) is 34.7 Å². The molecule has 1 aliphatic carbocycles. The number of hydrogen-bond donors (Lipinski definition) is 1. The van der Waals surface area contributed by atoms with Gasteiger partial charge in [0.1, 0.15) is 0 Å². The molecule has 1 N–H and O–H groups in total. The van der Waals surface area contributed by atoms with Gasteiger partial charge in [-0.05, 0) is 45.4 Å². The molecule has 2 nitrogen and oxygen atoms in total. The van der Waals surface area contributed by atoms with E-state index in [9.17, 15) is 5.11 Å². The van der Waals surface area contributed by atoms with Crippen molar-refractivity contribution >= 4 is 0 Å². The van der Waals surface area contributed by atoms with Gasteiger partial charge in [-0.2, -0.15) is 0 Å². The Morgan fingerprint density at radius 3 is 2.15 bits per heavy atom. The predicted molar refractivity (Wildman–Crippen MR) is 53.6 cm³/mol. The normalized spacial score (nSPS) is 29.5. The smallest absolute Gasteiger partial charge is 0.0700 e. The summed E-state index contributed by atoms with van der Waals surface area (Å²) in [6.45, 7) is 6.65. The van der Waals surface area contributed by atoms with Gasteiger partial charge in [-0.3, -0.25) is 0 Å². The number of piperidine rings is 1. The van der Waals surface area contributed by atoms with Crippen LogP contribution >= 0.6 is 0 Å². The van der Waals surface area contributed by atoms with E-state index in [-0.39, 0.29) is 5.60 Å². The van der Waals surface area contributed by atoms with Crippen LogP contribution in [0.15, 0.2) is 0 Å². The highest BCUT2D eigenvalue weighted by molar-refractivity contribution is 4.98. The van der Waals surface area contributed by atoms with Crippen molar-refractivity contribution in [3.05, 3.63) is 0 Å². The third-order valence-corrected chi connectivity index (χ3v) is 3.73. The van der Waals surface area contributed by atoms with Gasteiger partial charge < -0.3 is 10.0 Å². The molecular weight excluding hydrogens is 162 g/mol. The molecule has 0 amide bonds. The lowest BCUT2D eigenvalue weighted by Crippen LogP contribution is -2.47. The Bertz CT molecular complexity index is 179. The second kappa shape index (κ2) is 3.25. The zero-order valence-electron chi connectivity index (χ0n) is 8.79. The van der Waals surface area contributed by atoms with Crippen molar-refractivity contribution in [3.63, 3.8) is 0 Å². The minimum atomic E-state index is -0.286. The van der Waals surface area contributed by atoms with Gasteiger partial charge in [-0.1, -0.05) is 0 Å². The maximum atomic E-state index is 10.3. The molecule has 2 fully saturated rings. The SMILES string of the molecule is CC(C)N1CCC(O)(C2CC2)CC1. The molecule has 2 rings (SSSR count). The van der Waals surface area contributed by atoms with E-state index in [0.717, 1.165) is 25.9 Å². The van der Waals surface area contributed by atoms with Crippen molar-refractivity contribution in [3.8, 4) is 0 Å².